The third kappa shape index (κ3) is 3.86. The Bertz CT molecular complexity index is 1140. The maximum absolute atomic E-state index is 13.4. The fourth-order valence-electron chi connectivity index (χ4n) is 4.88. The molecule has 4 amide bonds. The number of piperidine rings is 1. The number of piperazine rings is 1. The average Bonchev–Trinajstić information content (AvgIpc) is 3.16. The summed E-state index contributed by atoms with van der Waals surface area (Å²) in [7, 11) is 0. The largest absolute Gasteiger partial charge is 0.368 e. The molecule has 8 heteroatoms. The quantitative estimate of drug-likeness (QED) is 0.726. The third-order valence-electron chi connectivity index (χ3n) is 6.78. The molecule has 1 N–H and O–H groups in total. The van der Waals surface area contributed by atoms with E-state index >= 15 is 0 Å². The fraction of sp³-hybridized carbons (Fsp3) is 0.360. The second kappa shape index (κ2) is 8.35. The molecule has 170 valence electrons. The predicted molar refractivity (Wildman–Crippen MR) is 122 cm³/mol. The van der Waals surface area contributed by atoms with E-state index in [2.05, 4.69) is 41.4 Å². The number of nitrogens with zero attached hydrogens (tertiary/aromatic N) is 3. The number of carbonyl (C=O) groups excluding carboxylic acids is 4. The van der Waals surface area contributed by atoms with Gasteiger partial charge in [0.1, 0.15) is 6.04 Å². The lowest BCUT2D eigenvalue weighted by atomic mass is 10.0. The number of hydrogen-bond acceptors (Lipinski definition) is 5. The van der Waals surface area contributed by atoms with E-state index in [4.69, 9.17) is 0 Å². The predicted octanol–water partition coefficient (Wildman–Crippen LogP) is 1.72. The first-order valence-electron chi connectivity index (χ1n) is 11.3. The molecule has 0 aliphatic carbocycles. The molecule has 8 nitrogen and oxygen atoms in total. The summed E-state index contributed by atoms with van der Waals surface area (Å²) in [5.74, 6) is -1.12. The molecule has 3 aliphatic rings. The smallest absolute Gasteiger partial charge is 0.255 e. The van der Waals surface area contributed by atoms with Gasteiger partial charge >= 0.3 is 0 Å². The van der Waals surface area contributed by atoms with Crippen LogP contribution in [0.1, 0.15) is 44.7 Å². The monoisotopic (exact) mass is 446 g/mol. The van der Waals surface area contributed by atoms with Gasteiger partial charge in [-0.1, -0.05) is 23.8 Å². The standard InChI is InChI=1S/C25H26N4O4/c1-16-5-7-17(8-6-16)27-11-13-28(14-12-27)24(32)18-3-2-4-19-20(18)15-29(25(19)33)21-9-10-22(30)26-23(21)31/h2-8,21H,9-15H2,1H3,(H,26,30,31). The summed E-state index contributed by atoms with van der Waals surface area (Å²) in [6.07, 6.45) is 0.502. The number of fused-ring (bicyclic) bond motifs is 1. The van der Waals surface area contributed by atoms with Crippen LogP contribution in [-0.4, -0.2) is 65.6 Å². The lowest BCUT2D eigenvalue weighted by Crippen LogP contribution is -2.52. The Kier molecular flexibility index (Phi) is 5.36. The van der Waals surface area contributed by atoms with Crippen molar-refractivity contribution in [3.8, 4) is 0 Å². The van der Waals surface area contributed by atoms with Crippen LogP contribution in [0, 0.1) is 6.92 Å². The van der Waals surface area contributed by atoms with Crippen LogP contribution in [0.4, 0.5) is 5.69 Å². The molecule has 3 heterocycles. The molecule has 0 saturated carbocycles. The van der Waals surface area contributed by atoms with Gasteiger partial charge in [0, 0.05) is 56.0 Å². The molecular formula is C25H26N4O4. The van der Waals surface area contributed by atoms with E-state index in [1.165, 1.54) is 10.5 Å². The van der Waals surface area contributed by atoms with Crippen LogP contribution >= 0.6 is 0 Å². The van der Waals surface area contributed by atoms with Crippen molar-refractivity contribution in [3.05, 3.63) is 64.7 Å². The number of carbonyl (C=O) groups is 4. The molecule has 1 unspecified atom stereocenters. The molecule has 0 radical (unpaired) electrons. The topological polar surface area (TPSA) is 90.0 Å². The zero-order valence-corrected chi connectivity index (χ0v) is 18.5. The van der Waals surface area contributed by atoms with Gasteiger partial charge in [-0.25, -0.2) is 0 Å². The molecule has 3 aliphatic heterocycles. The molecule has 33 heavy (non-hydrogen) atoms. The van der Waals surface area contributed by atoms with Crippen LogP contribution in [0.3, 0.4) is 0 Å². The number of amides is 4. The maximum Gasteiger partial charge on any atom is 0.255 e. The second-order valence-corrected chi connectivity index (χ2v) is 8.85. The minimum atomic E-state index is -0.691. The van der Waals surface area contributed by atoms with Crippen molar-refractivity contribution in [2.45, 2.75) is 32.4 Å². The van der Waals surface area contributed by atoms with Crippen molar-refractivity contribution in [1.29, 1.82) is 0 Å². The van der Waals surface area contributed by atoms with Crippen molar-refractivity contribution in [2.24, 2.45) is 0 Å². The Balaban J connectivity index is 1.31. The number of rotatable bonds is 3. The van der Waals surface area contributed by atoms with E-state index in [0.29, 0.717) is 36.2 Å². The Morgan fingerprint density at radius 2 is 1.70 bits per heavy atom. The first-order chi connectivity index (χ1) is 15.9. The molecule has 0 aromatic heterocycles. The van der Waals surface area contributed by atoms with Crippen molar-refractivity contribution in [3.63, 3.8) is 0 Å². The van der Waals surface area contributed by atoms with Crippen molar-refractivity contribution >= 4 is 29.3 Å². The zero-order valence-electron chi connectivity index (χ0n) is 18.5. The molecule has 2 aromatic carbocycles. The highest BCUT2D eigenvalue weighted by molar-refractivity contribution is 6.07. The van der Waals surface area contributed by atoms with Crippen LogP contribution in [0.25, 0.3) is 0 Å². The Morgan fingerprint density at radius 1 is 0.970 bits per heavy atom. The van der Waals surface area contributed by atoms with Crippen LogP contribution in [-0.2, 0) is 16.1 Å². The zero-order chi connectivity index (χ0) is 23.1. The van der Waals surface area contributed by atoms with Crippen molar-refractivity contribution < 1.29 is 19.2 Å². The normalized spacial score (nSPS) is 20.7. The SMILES string of the molecule is Cc1ccc(N2CCN(C(=O)c3cccc4c3CN(C3CCC(=O)NC3=O)C4=O)CC2)cc1. The van der Waals surface area contributed by atoms with E-state index in [0.717, 1.165) is 18.8 Å². The van der Waals surface area contributed by atoms with Gasteiger partial charge in [0.15, 0.2) is 0 Å². The third-order valence-corrected chi connectivity index (χ3v) is 6.78. The summed E-state index contributed by atoms with van der Waals surface area (Å²) in [6.45, 7) is 4.94. The van der Waals surface area contributed by atoms with Crippen molar-refractivity contribution in [1.82, 2.24) is 15.1 Å². The highest BCUT2D eigenvalue weighted by atomic mass is 16.2. The molecule has 2 fully saturated rings. The Hall–Kier alpha value is -3.68. The van der Waals surface area contributed by atoms with Gasteiger partial charge in [0.2, 0.25) is 11.8 Å². The number of nitrogens with one attached hydrogen (secondary N) is 1. The van der Waals surface area contributed by atoms with Gasteiger partial charge in [0.25, 0.3) is 11.8 Å². The maximum atomic E-state index is 13.4. The van der Waals surface area contributed by atoms with E-state index < -0.39 is 11.9 Å². The summed E-state index contributed by atoms with van der Waals surface area (Å²) < 4.78 is 0. The summed E-state index contributed by atoms with van der Waals surface area (Å²) in [5.41, 5.74) is 4.01. The van der Waals surface area contributed by atoms with Gasteiger partial charge < -0.3 is 14.7 Å². The first kappa shape index (κ1) is 21.2. The van der Waals surface area contributed by atoms with Gasteiger partial charge in [0.05, 0.1) is 0 Å². The van der Waals surface area contributed by atoms with Crippen LogP contribution in [0.5, 0.6) is 0 Å². The molecule has 2 saturated heterocycles. The van der Waals surface area contributed by atoms with Gasteiger partial charge in [-0.3, -0.25) is 24.5 Å². The highest BCUT2D eigenvalue weighted by Crippen LogP contribution is 2.30. The van der Waals surface area contributed by atoms with E-state index in [1.54, 1.807) is 18.2 Å². The number of hydrogen-bond donors (Lipinski definition) is 1. The van der Waals surface area contributed by atoms with Crippen LogP contribution in [0.2, 0.25) is 0 Å². The fourth-order valence-corrected chi connectivity index (χ4v) is 4.88. The van der Waals surface area contributed by atoms with Crippen LogP contribution in [0.15, 0.2) is 42.5 Å². The van der Waals surface area contributed by atoms with Gasteiger partial charge in [-0.05, 0) is 43.2 Å². The van der Waals surface area contributed by atoms with Gasteiger partial charge in [-0.2, -0.15) is 0 Å². The second-order valence-electron chi connectivity index (χ2n) is 8.85. The number of anilines is 1. The van der Waals surface area contributed by atoms with Crippen molar-refractivity contribution in [2.75, 3.05) is 31.1 Å². The van der Waals surface area contributed by atoms with E-state index in [-0.39, 0.29) is 30.7 Å². The molecule has 2 aromatic rings. The average molecular weight is 447 g/mol. The highest BCUT2D eigenvalue weighted by Gasteiger charge is 2.40. The number of aryl methyl sites for hydroxylation is 1. The molecule has 0 bridgehead atoms. The first-order valence-corrected chi connectivity index (χ1v) is 11.3. The lowest BCUT2D eigenvalue weighted by Gasteiger charge is -2.36. The number of benzene rings is 2. The van der Waals surface area contributed by atoms with E-state index in [1.807, 2.05) is 4.90 Å². The summed E-state index contributed by atoms with van der Waals surface area (Å²) >= 11 is 0. The number of imide groups is 1. The lowest BCUT2D eigenvalue weighted by molar-refractivity contribution is -0.136. The van der Waals surface area contributed by atoms with Gasteiger partial charge in [-0.15, -0.1) is 0 Å². The van der Waals surface area contributed by atoms with Crippen LogP contribution < -0.4 is 10.2 Å². The summed E-state index contributed by atoms with van der Waals surface area (Å²) in [6, 6.07) is 12.9. The Labute approximate surface area is 192 Å². The molecule has 5 rings (SSSR count). The molecule has 0 spiro atoms. The minimum absolute atomic E-state index is 0.0895. The molecular weight excluding hydrogens is 420 g/mol. The minimum Gasteiger partial charge on any atom is -0.368 e. The molecule has 1 atom stereocenters. The van der Waals surface area contributed by atoms with E-state index in [9.17, 15) is 19.2 Å². The summed E-state index contributed by atoms with van der Waals surface area (Å²) in [4.78, 5) is 55.8. The Morgan fingerprint density at radius 3 is 2.39 bits per heavy atom. The summed E-state index contributed by atoms with van der Waals surface area (Å²) in [5, 5.41) is 2.31.